The minimum Gasteiger partial charge on any atom is -0.406 e. The molecule has 3 N–H and O–H groups in total. The second-order valence-electron chi connectivity index (χ2n) is 7.93. The Balaban J connectivity index is 0.000000947. The molecule has 0 spiro atoms. The van der Waals surface area contributed by atoms with Gasteiger partial charge < -0.3 is 25.0 Å². The quantitative estimate of drug-likeness (QED) is 0.244. The molecule has 0 bridgehead atoms. The van der Waals surface area contributed by atoms with Gasteiger partial charge in [-0.05, 0) is 62.1 Å². The Labute approximate surface area is 234 Å². The van der Waals surface area contributed by atoms with E-state index in [1.165, 1.54) is 16.3 Å². The summed E-state index contributed by atoms with van der Waals surface area (Å²) >= 11 is 3.49. The van der Waals surface area contributed by atoms with Crippen LogP contribution in [0.15, 0.2) is 82.6 Å². The first-order valence-electron chi connectivity index (χ1n) is 12.4. The maximum absolute atomic E-state index is 12.7. The van der Waals surface area contributed by atoms with Crippen molar-refractivity contribution in [2.24, 2.45) is 0 Å². The number of hydrogen-bond acceptors (Lipinski definition) is 8. The highest BCUT2D eigenvalue weighted by molar-refractivity contribution is 7.99. The number of anilines is 2. The molecular weight excluding hydrogens is 518 g/mol. The molecule has 1 aliphatic heterocycles. The minimum absolute atomic E-state index is 0.117. The third kappa shape index (κ3) is 8.80. The highest BCUT2D eigenvalue weighted by atomic mass is 32.2. The lowest BCUT2D eigenvalue weighted by Gasteiger charge is -2.26. The second-order valence-corrected chi connectivity index (χ2v) is 9.92. The number of hydrogen-bond donors (Lipinski definition) is 3. The van der Waals surface area contributed by atoms with Crippen LogP contribution in [0.5, 0.6) is 5.75 Å². The standard InChI is InChI=1S/C26H29N3O2S2.C2H6O.CH2O/c1-3-27-26(30)25(19-11-6-4-7-12-19)28-31-22-18-23-21(17-24(22)32-2)29(15-10-16-33-23)20-13-8-5-9-14-20;1-2-3;1-2/h4-9,11-14,17-18,25,28H,3,10,15-16H2,1-2H3,(H,27,30);3H,2H2,1H3;1H2. The van der Waals surface area contributed by atoms with E-state index in [-0.39, 0.29) is 12.5 Å². The smallest absolute Gasteiger partial charge is 0.245 e. The summed E-state index contributed by atoms with van der Waals surface area (Å²) in [6, 6.07) is 23.8. The number of nitrogens with zero attached hydrogens (tertiary/aromatic N) is 1. The van der Waals surface area contributed by atoms with E-state index in [0.717, 1.165) is 34.9 Å². The van der Waals surface area contributed by atoms with E-state index < -0.39 is 6.04 Å². The molecule has 1 heterocycles. The van der Waals surface area contributed by atoms with E-state index in [1.54, 1.807) is 18.7 Å². The number of nitrogens with one attached hydrogen (secondary N) is 2. The number of benzene rings is 3. The number of likely N-dealkylation sites (N-methyl/N-ethyl adjacent to an activating group) is 1. The van der Waals surface area contributed by atoms with Gasteiger partial charge in [-0.2, -0.15) is 0 Å². The third-order valence-electron chi connectivity index (χ3n) is 5.42. The molecule has 9 heteroatoms. The zero-order valence-corrected chi connectivity index (χ0v) is 23.8. The number of hydroxylamine groups is 1. The molecular formula is C29H37N3O4S2. The molecule has 0 aliphatic carbocycles. The number of rotatable bonds is 8. The lowest BCUT2D eigenvalue weighted by molar-refractivity contribution is -0.125. The topological polar surface area (TPSA) is 90.9 Å². The van der Waals surface area contributed by atoms with Crippen molar-refractivity contribution in [3.63, 3.8) is 0 Å². The van der Waals surface area contributed by atoms with Gasteiger partial charge in [-0.3, -0.25) is 4.79 Å². The van der Waals surface area contributed by atoms with Crippen molar-refractivity contribution in [3.8, 4) is 5.75 Å². The van der Waals surface area contributed by atoms with Gasteiger partial charge in [-0.15, -0.1) is 29.0 Å². The summed E-state index contributed by atoms with van der Waals surface area (Å²) in [7, 11) is 0. The summed E-state index contributed by atoms with van der Waals surface area (Å²) in [4.78, 5) is 31.4. The Bertz CT molecular complexity index is 1100. The summed E-state index contributed by atoms with van der Waals surface area (Å²) in [5, 5.41) is 10.5. The predicted molar refractivity (Wildman–Crippen MR) is 159 cm³/mol. The van der Waals surface area contributed by atoms with Crippen LogP contribution in [-0.4, -0.2) is 49.5 Å². The normalized spacial score (nSPS) is 12.9. The Kier molecular flexibility index (Phi) is 14.4. The Hall–Kier alpha value is -2.98. The molecule has 1 atom stereocenters. The minimum atomic E-state index is -0.604. The number of aliphatic hydroxyl groups is 1. The van der Waals surface area contributed by atoms with Gasteiger partial charge in [0.15, 0.2) is 5.75 Å². The molecule has 0 radical (unpaired) electrons. The molecule has 204 valence electrons. The summed E-state index contributed by atoms with van der Waals surface area (Å²) in [5.41, 5.74) is 6.28. The Morgan fingerprint density at radius 1 is 1.11 bits per heavy atom. The Morgan fingerprint density at radius 3 is 2.34 bits per heavy atom. The van der Waals surface area contributed by atoms with Crippen LogP contribution in [0.1, 0.15) is 31.9 Å². The summed E-state index contributed by atoms with van der Waals surface area (Å²) in [6.07, 6.45) is 3.15. The molecule has 1 aliphatic rings. The van der Waals surface area contributed by atoms with Gasteiger partial charge in [-0.25, -0.2) is 0 Å². The fourth-order valence-corrected chi connectivity index (χ4v) is 5.35. The summed E-state index contributed by atoms with van der Waals surface area (Å²) in [6.45, 7) is 7.38. The monoisotopic (exact) mass is 555 g/mol. The highest BCUT2D eigenvalue weighted by Crippen LogP contribution is 2.44. The zero-order chi connectivity index (χ0) is 27.8. The first-order valence-corrected chi connectivity index (χ1v) is 14.7. The van der Waals surface area contributed by atoms with Crippen molar-refractivity contribution < 1.29 is 19.5 Å². The molecule has 38 heavy (non-hydrogen) atoms. The van der Waals surface area contributed by atoms with Crippen molar-refractivity contribution in [1.82, 2.24) is 10.8 Å². The number of amides is 1. The van der Waals surface area contributed by atoms with Gasteiger partial charge >= 0.3 is 0 Å². The lowest BCUT2D eigenvalue weighted by Crippen LogP contribution is -2.39. The van der Waals surface area contributed by atoms with E-state index in [2.05, 4.69) is 52.1 Å². The number of carbonyl (C=O) groups is 2. The molecule has 7 nitrogen and oxygen atoms in total. The average Bonchev–Trinajstić information content (AvgIpc) is 3.17. The van der Waals surface area contributed by atoms with Crippen molar-refractivity contribution >= 4 is 47.6 Å². The molecule has 3 aromatic carbocycles. The van der Waals surface area contributed by atoms with Crippen LogP contribution in [0.3, 0.4) is 0 Å². The number of thioether (sulfide) groups is 2. The van der Waals surface area contributed by atoms with Gasteiger partial charge in [0, 0.05) is 30.3 Å². The van der Waals surface area contributed by atoms with Crippen LogP contribution in [-0.2, 0) is 9.59 Å². The van der Waals surface area contributed by atoms with Crippen molar-refractivity contribution in [3.05, 3.63) is 78.4 Å². The molecule has 1 amide bonds. The fraction of sp³-hybridized carbons (Fsp3) is 0.310. The van der Waals surface area contributed by atoms with E-state index in [4.69, 9.17) is 14.7 Å². The van der Waals surface area contributed by atoms with Crippen molar-refractivity contribution in [1.29, 1.82) is 0 Å². The van der Waals surface area contributed by atoms with Crippen LogP contribution in [0.4, 0.5) is 11.4 Å². The van der Waals surface area contributed by atoms with Crippen molar-refractivity contribution in [2.75, 3.05) is 36.6 Å². The van der Waals surface area contributed by atoms with E-state index in [0.29, 0.717) is 6.54 Å². The van der Waals surface area contributed by atoms with E-state index in [1.807, 2.05) is 68.1 Å². The first-order chi connectivity index (χ1) is 18.6. The van der Waals surface area contributed by atoms with Gasteiger partial charge in [-0.1, -0.05) is 48.5 Å². The molecule has 0 saturated carbocycles. The van der Waals surface area contributed by atoms with Crippen LogP contribution >= 0.6 is 23.5 Å². The number of carbonyl (C=O) groups excluding carboxylic acids is 2. The maximum Gasteiger partial charge on any atom is 0.245 e. The number of aliphatic hydroxyl groups excluding tert-OH is 1. The second kappa shape index (κ2) is 17.5. The molecule has 0 saturated heterocycles. The lowest BCUT2D eigenvalue weighted by atomic mass is 10.1. The summed E-state index contributed by atoms with van der Waals surface area (Å²) < 4.78 is 0. The van der Waals surface area contributed by atoms with E-state index in [9.17, 15) is 4.79 Å². The molecule has 1 unspecified atom stereocenters. The number of fused-ring (bicyclic) bond motifs is 1. The van der Waals surface area contributed by atoms with Crippen LogP contribution in [0.2, 0.25) is 0 Å². The van der Waals surface area contributed by atoms with E-state index >= 15 is 0 Å². The van der Waals surface area contributed by atoms with Crippen LogP contribution in [0, 0.1) is 0 Å². The highest BCUT2D eigenvalue weighted by Gasteiger charge is 2.23. The SMILES string of the molecule is C=O.CCNC(=O)C(NOc1cc2c(cc1SC)N(c1ccccc1)CCCS2)c1ccccc1.CCO. The van der Waals surface area contributed by atoms with Crippen molar-refractivity contribution in [2.45, 2.75) is 36.1 Å². The van der Waals surface area contributed by atoms with Gasteiger partial charge in [0.05, 0.1) is 10.6 Å². The van der Waals surface area contributed by atoms with Gasteiger partial charge in [0.1, 0.15) is 12.8 Å². The fourth-order valence-electron chi connectivity index (χ4n) is 3.81. The van der Waals surface area contributed by atoms with Gasteiger partial charge in [0.25, 0.3) is 0 Å². The maximum atomic E-state index is 12.7. The molecule has 4 rings (SSSR count). The molecule has 0 aromatic heterocycles. The third-order valence-corrected chi connectivity index (χ3v) is 7.31. The average molecular weight is 556 g/mol. The largest absolute Gasteiger partial charge is 0.406 e. The predicted octanol–water partition coefficient (Wildman–Crippen LogP) is 5.62. The molecule has 3 aromatic rings. The number of para-hydroxylation sites is 1. The first kappa shape index (κ1) is 31.2. The van der Waals surface area contributed by atoms with Gasteiger partial charge in [0.2, 0.25) is 5.91 Å². The Morgan fingerprint density at radius 2 is 1.74 bits per heavy atom. The molecule has 0 fully saturated rings. The van der Waals surface area contributed by atoms with Crippen LogP contribution in [0.25, 0.3) is 0 Å². The zero-order valence-electron chi connectivity index (χ0n) is 22.2. The van der Waals surface area contributed by atoms with Crippen LogP contribution < -0.4 is 20.5 Å². The summed E-state index contributed by atoms with van der Waals surface area (Å²) in [5.74, 6) is 1.66.